The number of carboxylic acid groups (broad SMARTS) is 7. The highest BCUT2D eigenvalue weighted by Crippen LogP contribution is 2.31. The number of rotatable bonds is 65. The average molecular weight is 1990 g/mol. The summed E-state index contributed by atoms with van der Waals surface area (Å²) in [4.78, 5) is 168. The molecule has 0 unspecified atom stereocenters. The average Bonchev–Trinajstić information content (AvgIpc) is 2.12. The number of carbonyl (C=O) groups excluding carboxylic acids is 4. The molecule has 0 spiro atoms. The maximum Gasteiger partial charge on any atom is 0.317 e. The van der Waals surface area contributed by atoms with Gasteiger partial charge in [0.15, 0.2) is 0 Å². The Kier molecular flexibility index (Phi) is 48.5. The van der Waals surface area contributed by atoms with Crippen molar-refractivity contribution in [2.75, 3.05) is 209 Å². The summed E-state index contributed by atoms with van der Waals surface area (Å²) in [6, 6.07) is 19.1. The van der Waals surface area contributed by atoms with Crippen molar-refractivity contribution in [2.24, 2.45) is 0 Å². The highest BCUT2D eigenvalue weighted by molar-refractivity contribution is 5.96. The van der Waals surface area contributed by atoms with Crippen molar-refractivity contribution in [3.63, 3.8) is 0 Å². The molecule has 141 heavy (non-hydrogen) atoms. The molecular weight excluding hydrogens is 1850 g/mol. The number of aliphatic carboxylic acids is 7. The largest absolute Gasteiger partial charge is 0.481 e. The van der Waals surface area contributed by atoms with Gasteiger partial charge in [-0.25, -0.2) is 9.97 Å². The van der Waals surface area contributed by atoms with Crippen molar-refractivity contribution in [2.45, 2.75) is 165 Å². The van der Waals surface area contributed by atoms with Gasteiger partial charge < -0.3 is 130 Å². The number of H-pyrrole nitrogens is 2. The van der Waals surface area contributed by atoms with Crippen LogP contribution in [0.4, 0.5) is 11.4 Å². The fraction of sp³-hybridized carbons (Fsp3) is 0.602. The van der Waals surface area contributed by atoms with Crippen LogP contribution in [-0.2, 0) is 97.8 Å². The maximum absolute atomic E-state index is 14.4. The lowest BCUT2D eigenvalue weighted by Crippen LogP contribution is -2.60. The SMILES string of the molecule is CN(Cc1nc2ccccc2[nH]1)C(=O)c1ccc2c(c1)CN(CCCOCCOCCOCCCN[C@H](O)[C@H](CC[C@H](O)NCCCOCCOCCOCCCN1Cc3cc(C(=O)N(C)Cc4nc5ccccc5[nH]4)ccc3N[C@@H](CC(=O)O)[C@@H]1O)N[C@@H](O)[C@H](CCC(=O)O)NC(=O)[C@H](CCC(=O)O)N[C@@H](O)CN1CCN(CC(=O)O)CCN(CC(=O)O)CCN(CC(=O)O)CC1)C(=O)[C@H](CC(=O)O)N2. The molecule has 3 aliphatic heterocycles. The van der Waals surface area contributed by atoms with Gasteiger partial charge in [-0.2, -0.15) is 0 Å². The number of hydrogen-bond acceptors (Lipinski definition) is 35. The number of para-hydroxylation sites is 4. The van der Waals surface area contributed by atoms with Crippen molar-refractivity contribution in [1.82, 2.24) is 85.7 Å². The van der Waals surface area contributed by atoms with Crippen LogP contribution in [0.25, 0.3) is 22.1 Å². The number of nitrogens with one attached hydrogen (secondary N) is 9. The number of anilines is 2. The number of carboxylic acids is 7. The van der Waals surface area contributed by atoms with Crippen LogP contribution < -0.4 is 37.2 Å². The van der Waals surface area contributed by atoms with Crippen LogP contribution in [0.2, 0.25) is 0 Å². The number of β-amino-alcohol motifs (C(OH)–C–C–N with tert-alkyl or cyclic N) is 1. The van der Waals surface area contributed by atoms with Gasteiger partial charge in [0.1, 0.15) is 48.8 Å². The molecule has 0 bridgehead atoms. The molecule has 4 aromatic carbocycles. The molecule has 0 aliphatic carbocycles. The molecule has 48 heteroatoms. The normalized spacial score (nSPS) is 17.6. The first-order chi connectivity index (χ1) is 67.7. The van der Waals surface area contributed by atoms with E-state index < -0.39 is 160 Å². The van der Waals surface area contributed by atoms with E-state index in [-0.39, 0.29) is 215 Å². The first-order valence-corrected chi connectivity index (χ1v) is 47.5. The molecule has 2 aromatic heterocycles. The number of ether oxygens (including phenoxy) is 6. The fourth-order valence-corrected chi connectivity index (χ4v) is 16.5. The van der Waals surface area contributed by atoms with E-state index in [1.54, 1.807) is 84.8 Å². The van der Waals surface area contributed by atoms with Crippen molar-refractivity contribution < 1.29 is 142 Å². The third kappa shape index (κ3) is 40.6. The molecule has 0 radical (unpaired) electrons. The number of nitrogens with zero attached hydrogens (tertiary/aromatic N) is 10. The van der Waals surface area contributed by atoms with Crippen LogP contribution in [0.1, 0.15) is 121 Å². The quantitative estimate of drug-likeness (QED) is 0.0164. The Balaban J connectivity index is 0.724. The lowest BCUT2D eigenvalue weighted by molar-refractivity contribution is -0.141. The zero-order valence-electron chi connectivity index (χ0n) is 79.7. The number of hydrogen-bond donors (Lipinski definition) is 21. The predicted molar refractivity (Wildman–Crippen MR) is 509 cm³/mol. The van der Waals surface area contributed by atoms with E-state index in [9.17, 15) is 114 Å². The Hall–Kier alpha value is -11.2. The summed E-state index contributed by atoms with van der Waals surface area (Å²) >= 11 is 0. The number of amides is 4. The third-order valence-corrected chi connectivity index (χ3v) is 23.9. The minimum Gasteiger partial charge on any atom is -0.481 e. The van der Waals surface area contributed by atoms with E-state index in [0.29, 0.717) is 84.1 Å². The molecule has 1 saturated heterocycles. The van der Waals surface area contributed by atoms with Crippen LogP contribution in [0.15, 0.2) is 84.9 Å². The zero-order chi connectivity index (χ0) is 102. The lowest BCUT2D eigenvalue weighted by Gasteiger charge is -2.34. The van der Waals surface area contributed by atoms with Crippen molar-refractivity contribution in [1.29, 1.82) is 0 Å². The monoisotopic (exact) mass is 1990 g/mol. The Morgan fingerprint density at radius 2 is 0.908 bits per heavy atom. The second-order valence-corrected chi connectivity index (χ2v) is 35.0. The van der Waals surface area contributed by atoms with Gasteiger partial charge in [-0.15, -0.1) is 0 Å². The summed E-state index contributed by atoms with van der Waals surface area (Å²) in [5, 5.41) is 147. The Labute approximate surface area is 815 Å². The van der Waals surface area contributed by atoms with Gasteiger partial charge in [0.25, 0.3) is 11.8 Å². The highest BCUT2D eigenvalue weighted by Gasteiger charge is 2.37. The Morgan fingerprint density at radius 1 is 0.461 bits per heavy atom. The minimum atomic E-state index is -1.84. The minimum absolute atomic E-state index is 0.0487. The molecule has 4 amide bonds. The van der Waals surface area contributed by atoms with Crippen LogP contribution >= 0.6 is 0 Å². The summed E-state index contributed by atoms with van der Waals surface area (Å²) in [6.45, 7) is 3.58. The molecule has 780 valence electrons. The Morgan fingerprint density at radius 3 is 1.39 bits per heavy atom. The number of aromatic amines is 2. The van der Waals surface area contributed by atoms with Crippen LogP contribution in [0.5, 0.6) is 0 Å². The zero-order valence-corrected chi connectivity index (χ0v) is 79.7. The van der Waals surface area contributed by atoms with Gasteiger partial charge in [-0.1, -0.05) is 24.3 Å². The van der Waals surface area contributed by atoms with E-state index in [2.05, 4.69) is 57.2 Å². The number of aliphatic hydroxyl groups is 5. The first kappa shape index (κ1) is 113. The van der Waals surface area contributed by atoms with E-state index in [4.69, 9.17) is 28.4 Å². The van der Waals surface area contributed by atoms with E-state index >= 15 is 0 Å². The van der Waals surface area contributed by atoms with Crippen LogP contribution in [0, 0.1) is 0 Å². The molecular formula is C93H139N19O29. The molecule has 9 rings (SSSR count). The van der Waals surface area contributed by atoms with Gasteiger partial charge in [0.2, 0.25) is 11.8 Å². The molecule has 1 fully saturated rings. The van der Waals surface area contributed by atoms with Gasteiger partial charge in [0.05, 0.1) is 139 Å². The third-order valence-electron chi connectivity index (χ3n) is 23.9. The molecule has 0 saturated carbocycles. The van der Waals surface area contributed by atoms with Gasteiger partial charge in [-0.05, 0) is 136 Å². The lowest BCUT2D eigenvalue weighted by atomic mass is 10.0. The number of fused-ring (bicyclic) bond motifs is 4. The second-order valence-electron chi connectivity index (χ2n) is 35.0. The van der Waals surface area contributed by atoms with Crippen LogP contribution in [-0.4, -0.2) is 445 Å². The van der Waals surface area contributed by atoms with Crippen molar-refractivity contribution in [3.8, 4) is 0 Å². The smallest absolute Gasteiger partial charge is 0.317 e. The summed E-state index contributed by atoms with van der Waals surface area (Å²) in [5.41, 5.74) is 6.48. The number of aromatic nitrogens is 4. The summed E-state index contributed by atoms with van der Waals surface area (Å²) < 4.78 is 34.7. The molecule has 5 heterocycles. The highest BCUT2D eigenvalue weighted by atomic mass is 16.6. The number of carbonyl (C=O) groups is 11. The van der Waals surface area contributed by atoms with Crippen molar-refractivity contribution >= 4 is 98.9 Å². The molecule has 21 N–H and O–H groups in total. The predicted octanol–water partition coefficient (Wildman–Crippen LogP) is -0.830. The van der Waals surface area contributed by atoms with E-state index in [1.807, 2.05) is 48.5 Å². The topological polar surface area (TPSA) is 653 Å². The number of imidazole rings is 2. The maximum atomic E-state index is 14.4. The molecule has 3 aliphatic rings. The first-order valence-electron chi connectivity index (χ1n) is 47.5. The Bertz CT molecular complexity index is 4850. The van der Waals surface area contributed by atoms with E-state index in [1.165, 1.54) is 4.90 Å². The van der Waals surface area contributed by atoms with Crippen molar-refractivity contribution in [3.05, 3.63) is 119 Å². The number of aliphatic hydroxyl groups excluding tert-OH is 5. The van der Waals surface area contributed by atoms with E-state index in [0.717, 1.165) is 22.1 Å². The molecule has 48 nitrogen and oxygen atoms in total. The standard InChI is InChI=1S/C93H139N19O29/c1-105(55-76-98-67-11-3-4-12-68(67)99-76)90(132)61-15-17-65-63(49-61)53-111(92(134)74(96-65)51-82(119)120)27-9-39-138-43-47-140-45-41-136-37-7-25-94-78(113)22-19-71(103-89(131)73(21-24-81(117)118)104-88(130)72(20-23-80(115)116)102-79(114)57-107-29-31-108(58-84(123)124)33-35-110(60-86(127)128)36-34-109(32-30-107)59-85(125)126)87(129)95-26-8-38-137-42-46-141-48-44-139-40-10-28-112-54-64-50-62(16-18-66(64)97-75(93(112)135)52-83(121)122)91(133)106(2)56-77-100-69-13-5-6-14-70(69)101-77/h3-6,11-18,49-50,71-75,78-79,87,89,92,94-97,102-103,113-114,129,131,134H,7-10,19-48,51-60H2,1-2H3,(H,98,99)(H,100,101)(H,104,130)(H,115,116)(H,117,118)(H,119,120)(H,121,122)(H,123,124)(H,125,126)(H,127,128)/t71-,72-,73-,74-,75-,78-,79-,87+,89-,92-/m0/s1. The molecule has 6 aromatic rings. The fourth-order valence-electron chi connectivity index (χ4n) is 16.5. The van der Waals surface area contributed by atoms with Gasteiger partial charge in [-0.3, -0.25) is 98.5 Å². The summed E-state index contributed by atoms with van der Waals surface area (Å²) in [7, 11) is 3.34. The molecule has 10 atom stereocenters. The van der Waals surface area contributed by atoms with Gasteiger partial charge >= 0.3 is 41.8 Å². The van der Waals surface area contributed by atoms with Gasteiger partial charge in [0, 0.05) is 167 Å². The summed E-state index contributed by atoms with van der Waals surface area (Å²) in [6.07, 6.45) is -8.77. The summed E-state index contributed by atoms with van der Waals surface area (Å²) in [5.74, 6) is -9.10. The second kappa shape index (κ2) is 60.3. The van der Waals surface area contributed by atoms with Crippen LogP contribution in [0.3, 0.4) is 0 Å². The number of benzene rings is 4.